The molecule has 4 heteroatoms. The molecule has 2 N–H and O–H groups in total. The summed E-state index contributed by atoms with van der Waals surface area (Å²) in [5.41, 5.74) is 2.21. The van der Waals surface area contributed by atoms with E-state index < -0.39 is 0 Å². The van der Waals surface area contributed by atoms with E-state index in [1.54, 1.807) is 0 Å². The fourth-order valence-corrected chi connectivity index (χ4v) is 1.76. The molecule has 0 aromatic carbocycles. The number of hydrogen-bond acceptors (Lipinski definition) is 4. The monoisotopic (exact) mass is 263 g/mol. The van der Waals surface area contributed by atoms with Crippen molar-refractivity contribution in [2.45, 2.75) is 33.0 Å². The van der Waals surface area contributed by atoms with Crippen molar-refractivity contribution in [2.75, 3.05) is 19.7 Å². The molecular weight excluding hydrogens is 238 g/mol. The van der Waals surface area contributed by atoms with Crippen LogP contribution in [0.1, 0.15) is 25.1 Å². The quantitative estimate of drug-likeness (QED) is 0.664. The van der Waals surface area contributed by atoms with E-state index in [1.807, 2.05) is 18.3 Å². The number of aromatic nitrogens is 1. The van der Waals surface area contributed by atoms with Crippen molar-refractivity contribution in [3.63, 3.8) is 0 Å². The van der Waals surface area contributed by atoms with Gasteiger partial charge in [-0.25, -0.2) is 0 Å². The van der Waals surface area contributed by atoms with Crippen LogP contribution in [0.4, 0.5) is 0 Å². The smallest absolute Gasteiger partial charge is 0.0558 e. The van der Waals surface area contributed by atoms with E-state index in [0.717, 1.165) is 25.3 Å². The van der Waals surface area contributed by atoms with Gasteiger partial charge in [-0.3, -0.25) is 9.88 Å². The van der Waals surface area contributed by atoms with E-state index in [2.05, 4.69) is 41.7 Å². The Balaban J connectivity index is 2.52. The van der Waals surface area contributed by atoms with Gasteiger partial charge in [0, 0.05) is 38.4 Å². The van der Waals surface area contributed by atoms with Crippen molar-refractivity contribution in [2.24, 2.45) is 0 Å². The van der Waals surface area contributed by atoms with Gasteiger partial charge in [0.15, 0.2) is 0 Å². The van der Waals surface area contributed by atoms with E-state index in [4.69, 9.17) is 5.11 Å². The Bertz CT molecular complexity index is 362. The summed E-state index contributed by atoms with van der Waals surface area (Å²) in [6.07, 6.45) is 3.76. The molecular formula is C15H25N3O. The average Bonchev–Trinajstić information content (AvgIpc) is 2.38. The van der Waals surface area contributed by atoms with Crippen LogP contribution in [-0.4, -0.2) is 40.7 Å². The molecule has 4 nitrogen and oxygen atoms in total. The molecule has 0 amide bonds. The van der Waals surface area contributed by atoms with Crippen molar-refractivity contribution in [3.05, 3.63) is 42.2 Å². The van der Waals surface area contributed by atoms with Crippen LogP contribution in [0.2, 0.25) is 0 Å². The zero-order valence-electron chi connectivity index (χ0n) is 12.0. The molecule has 0 unspecified atom stereocenters. The lowest BCUT2D eigenvalue weighted by atomic mass is 10.2. The second kappa shape index (κ2) is 8.80. The molecule has 0 spiro atoms. The molecule has 0 atom stereocenters. The molecule has 0 fully saturated rings. The molecule has 0 radical (unpaired) electrons. The topological polar surface area (TPSA) is 48.4 Å². The highest BCUT2D eigenvalue weighted by Crippen LogP contribution is 2.04. The average molecular weight is 263 g/mol. The van der Waals surface area contributed by atoms with Gasteiger partial charge in [0.05, 0.1) is 12.3 Å². The molecule has 0 aliphatic heterocycles. The third kappa shape index (κ3) is 6.47. The minimum absolute atomic E-state index is 0.157. The first-order valence-electron chi connectivity index (χ1n) is 6.77. The summed E-state index contributed by atoms with van der Waals surface area (Å²) in [6.45, 7) is 11.1. The number of pyridine rings is 1. The summed E-state index contributed by atoms with van der Waals surface area (Å²) in [6, 6.07) is 4.63. The predicted octanol–water partition coefficient (Wildman–Crippen LogP) is 1.56. The molecule has 0 saturated carbocycles. The molecule has 0 saturated heterocycles. The Labute approximate surface area is 116 Å². The van der Waals surface area contributed by atoms with Crippen molar-refractivity contribution in [1.29, 1.82) is 0 Å². The van der Waals surface area contributed by atoms with Gasteiger partial charge < -0.3 is 10.4 Å². The molecule has 0 aliphatic carbocycles. The van der Waals surface area contributed by atoms with Gasteiger partial charge in [0.25, 0.3) is 0 Å². The first-order valence-corrected chi connectivity index (χ1v) is 6.77. The van der Waals surface area contributed by atoms with Gasteiger partial charge in [0.1, 0.15) is 0 Å². The Kier molecular flexibility index (Phi) is 7.33. The van der Waals surface area contributed by atoms with E-state index >= 15 is 0 Å². The van der Waals surface area contributed by atoms with Crippen LogP contribution < -0.4 is 5.32 Å². The van der Waals surface area contributed by atoms with Crippen LogP contribution in [0.25, 0.3) is 0 Å². The number of nitrogens with zero attached hydrogens (tertiary/aromatic N) is 2. The fraction of sp³-hybridized carbons (Fsp3) is 0.533. The minimum atomic E-state index is 0.157. The third-order valence-electron chi connectivity index (χ3n) is 2.79. The van der Waals surface area contributed by atoms with Gasteiger partial charge >= 0.3 is 0 Å². The van der Waals surface area contributed by atoms with Gasteiger partial charge in [0.2, 0.25) is 0 Å². The van der Waals surface area contributed by atoms with Gasteiger partial charge in [-0.05, 0) is 11.6 Å². The Morgan fingerprint density at radius 1 is 1.47 bits per heavy atom. The molecule has 0 bridgehead atoms. The molecule has 0 aliphatic rings. The van der Waals surface area contributed by atoms with Crippen LogP contribution in [-0.2, 0) is 13.1 Å². The van der Waals surface area contributed by atoms with Gasteiger partial charge in [-0.15, -0.1) is 6.58 Å². The van der Waals surface area contributed by atoms with Gasteiger partial charge in [-0.1, -0.05) is 26.0 Å². The molecule has 1 aromatic heterocycles. The summed E-state index contributed by atoms with van der Waals surface area (Å²) in [7, 11) is 0. The lowest BCUT2D eigenvalue weighted by Gasteiger charge is -2.18. The summed E-state index contributed by atoms with van der Waals surface area (Å²) < 4.78 is 0. The zero-order valence-corrected chi connectivity index (χ0v) is 12.0. The molecule has 19 heavy (non-hydrogen) atoms. The second-order valence-corrected chi connectivity index (χ2v) is 4.94. The van der Waals surface area contributed by atoms with Crippen molar-refractivity contribution >= 4 is 0 Å². The maximum absolute atomic E-state index is 9.00. The largest absolute Gasteiger partial charge is 0.395 e. The maximum atomic E-state index is 9.00. The Morgan fingerprint density at radius 3 is 2.79 bits per heavy atom. The SMILES string of the molecule is C=CCN(CCO)Cc1ccc(CNC(C)C)cn1. The van der Waals surface area contributed by atoms with E-state index in [1.165, 1.54) is 5.56 Å². The van der Waals surface area contributed by atoms with E-state index in [0.29, 0.717) is 12.6 Å². The maximum Gasteiger partial charge on any atom is 0.0558 e. The Morgan fingerprint density at radius 2 is 2.26 bits per heavy atom. The second-order valence-electron chi connectivity index (χ2n) is 4.94. The number of aliphatic hydroxyl groups excluding tert-OH is 1. The lowest BCUT2D eigenvalue weighted by Crippen LogP contribution is -2.27. The molecule has 1 aromatic rings. The van der Waals surface area contributed by atoms with Crippen LogP contribution in [0.3, 0.4) is 0 Å². The number of aliphatic hydroxyl groups is 1. The highest BCUT2D eigenvalue weighted by Gasteiger charge is 2.04. The van der Waals surface area contributed by atoms with Crippen molar-refractivity contribution in [1.82, 2.24) is 15.2 Å². The lowest BCUT2D eigenvalue weighted by molar-refractivity contribution is 0.202. The fourth-order valence-electron chi connectivity index (χ4n) is 1.76. The normalized spacial score (nSPS) is 11.2. The van der Waals surface area contributed by atoms with E-state index in [-0.39, 0.29) is 6.61 Å². The van der Waals surface area contributed by atoms with Crippen LogP contribution >= 0.6 is 0 Å². The summed E-state index contributed by atoms with van der Waals surface area (Å²) >= 11 is 0. The summed E-state index contributed by atoms with van der Waals surface area (Å²) in [4.78, 5) is 6.58. The Hall–Kier alpha value is -1.23. The van der Waals surface area contributed by atoms with Gasteiger partial charge in [-0.2, -0.15) is 0 Å². The van der Waals surface area contributed by atoms with Crippen LogP contribution in [0, 0.1) is 0 Å². The predicted molar refractivity (Wildman–Crippen MR) is 78.8 cm³/mol. The van der Waals surface area contributed by atoms with Crippen molar-refractivity contribution < 1.29 is 5.11 Å². The summed E-state index contributed by atoms with van der Waals surface area (Å²) in [5, 5.41) is 12.4. The standard InChI is InChI=1S/C15H25N3O/c1-4-7-18(8-9-19)12-15-6-5-14(11-17-15)10-16-13(2)3/h4-6,11,13,16,19H,1,7-10,12H2,2-3H3. The minimum Gasteiger partial charge on any atom is -0.395 e. The number of nitrogens with one attached hydrogen (secondary N) is 1. The number of rotatable bonds is 9. The highest BCUT2D eigenvalue weighted by atomic mass is 16.3. The van der Waals surface area contributed by atoms with Crippen molar-refractivity contribution in [3.8, 4) is 0 Å². The van der Waals surface area contributed by atoms with Crippen LogP contribution in [0.15, 0.2) is 31.0 Å². The highest BCUT2D eigenvalue weighted by molar-refractivity contribution is 5.14. The van der Waals surface area contributed by atoms with E-state index in [9.17, 15) is 0 Å². The molecule has 106 valence electrons. The van der Waals surface area contributed by atoms with Crippen LogP contribution in [0.5, 0.6) is 0 Å². The summed E-state index contributed by atoms with van der Waals surface area (Å²) in [5.74, 6) is 0. The molecule has 1 rings (SSSR count). The zero-order chi connectivity index (χ0) is 14.1. The third-order valence-corrected chi connectivity index (χ3v) is 2.79. The first kappa shape index (κ1) is 15.8. The molecule has 1 heterocycles. The number of hydrogen-bond donors (Lipinski definition) is 2. The first-order chi connectivity index (χ1) is 9.15.